The minimum absolute atomic E-state index is 0.258. The summed E-state index contributed by atoms with van der Waals surface area (Å²) in [4.78, 5) is 23.3. The first kappa shape index (κ1) is 17.7. The maximum Gasteiger partial charge on any atom is 0.322 e. The topological polar surface area (TPSA) is 87.9 Å². The molecule has 0 fully saturated rings. The maximum absolute atomic E-state index is 12.2. The Balaban J connectivity index is 2.11. The predicted octanol–water partition coefficient (Wildman–Crippen LogP) is 2.34. The molecule has 0 saturated carbocycles. The van der Waals surface area contributed by atoms with Crippen LogP contribution in [0.25, 0.3) is 10.8 Å². The second-order valence-electron chi connectivity index (χ2n) is 5.39. The Morgan fingerprint density at radius 2 is 1.71 bits per heavy atom. The van der Waals surface area contributed by atoms with Crippen LogP contribution in [0, 0.1) is 0 Å². The van der Waals surface area contributed by atoms with E-state index in [1.165, 1.54) is 6.92 Å². The van der Waals surface area contributed by atoms with Gasteiger partial charge in [0.25, 0.3) is 0 Å². The van der Waals surface area contributed by atoms with E-state index in [9.17, 15) is 9.59 Å². The molecule has 0 aliphatic rings. The molecule has 0 aliphatic carbocycles. The van der Waals surface area contributed by atoms with E-state index in [4.69, 9.17) is 19.9 Å². The molecule has 0 amide bonds. The van der Waals surface area contributed by atoms with Crippen LogP contribution < -0.4 is 10.5 Å². The molecule has 0 bridgehead atoms. The molecule has 0 saturated heterocycles. The average molecular weight is 331 g/mol. The quantitative estimate of drug-likeness (QED) is 0.646. The van der Waals surface area contributed by atoms with Gasteiger partial charge in [0, 0.05) is 6.92 Å². The van der Waals surface area contributed by atoms with Gasteiger partial charge in [0.1, 0.15) is 5.75 Å². The van der Waals surface area contributed by atoms with Crippen LogP contribution in [0.15, 0.2) is 36.4 Å². The molecule has 0 aromatic heterocycles. The minimum Gasteiger partial charge on any atom is -0.497 e. The SMILES string of the molecule is COc1ccc2cc(C(C)C(=O)OC(C)OC(=O)CN)ccc2c1. The van der Waals surface area contributed by atoms with Gasteiger partial charge in [-0.25, -0.2) is 0 Å². The summed E-state index contributed by atoms with van der Waals surface area (Å²) < 4.78 is 15.2. The third kappa shape index (κ3) is 4.23. The van der Waals surface area contributed by atoms with Crippen molar-refractivity contribution in [2.24, 2.45) is 5.73 Å². The molecule has 0 spiro atoms. The molecule has 0 aliphatic heterocycles. The third-order valence-electron chi connectivity index (χ3n) is 3.67. The largest absolute Gasteiger partial charge is 0.497 e. The van der Waals surface area contributed by atoms with Crippen molar-refractivity contribution < 1.29 is 23.8 Å². The molecule has 24 heavy (non-hydrogen) atoms. The van der Waals surface area contributed by atoms with E-state index in [0.29, 0.717) is 0 Å². The van der Waals surface area contributed by atoms with Crippen molar-refractivity contribution in [2.45, 2.75) is 26.1 Å². The number of esters is 2. The van der Waals surface area contributed by atoms with E-state index in [1.807, 2.05) is 36.4 Å². The van der Waals surface area contributed by atoms with Crippen LogP contribution in [0.4, 0.5) is 0 Å². The van der Waals surface area contributed by atoms with Crippen molar-refractivity contribution in [3.63, 3.8) is 0 Å². The smallest absolute Gasteiger partial charge is 0.322 e. The van der Waals surface area contributed by atoms with Crippen molar-refractivity contribution in [2.75, 3.05) is 13.7 Å². The van der Waals surface area contributed by atoms with Gasteiger partial charge in [0.05, 0.1) is 19.6 Å². The summed E-state index contributed by atoms with van der Waals surface area (Å²) in [7, 11) is 1.62. The van der Waals surface area contributed by atoms with E-state index in [0.717, 1.165) is 22.1 Å². The molecule has 6 nitrogen and oxygen atoms in total. The Hall–Kier alpha value is -2.60. The van der Waals surface area contributed by atoms with Crippen molar-refractivity contribution in [3.05, 3.63) is 42.0 Å². The zero-order valence-electron chi connectivity index (χ0n) is 13.9. The van der Waals surface area contributed by atoms with Gasteiger partial charge in [-0.05, 0) is 35.4 Å². The number of carbonyl (C=O) groups is 2. The van der Waals surface area contributed by atoms with E-state index < -0.39 is 24.1 Å². The Morgan fingerprint density at radius 3 is 2.38 bits per heavy atom. The number of nitrogens with two attached hydrogens (primary N) is 1. The van der Waals surface area contributed by atoms with Gasteiger partial charge in [-0.15, -0.1) is 0 Å². The lowest BCUT2D eigenvalue weighted by molar-refractivity contribution is -0.184. The fourth-order valence-electron chi connectivity index (χ4n) is 2.30. The molecule has 2 unspecified atom stereocenters. The van der Waals surface area contributed by atoms with Crippen molar-refractivity contribution >= 4 is 22.7 Å². The first-order chi connectivity index (χ1) is 11.4. The van der Waals surface area contributed by atoms with E-state index >= 15 is 0 Å². The number of methoxy groups -OCH3 is 1. The number of benzene rings is 2. The third-order valence-corrected chi connectivity index (χ3v) is 3.67. The van der Waals surface area contributed by atoms with Crippen LogP contribution >= 0.6 is 0 Å². The summed E-state index contributed by atoms with van der Waals surface area (Å²) in [5, 5.41) is 2.01. The minimum atomic E-state index is -0.972. The van der Waals surface area contributed by atoms with Gasteiger partial charge in [-0.2, -0.15) is 0 Å². The van der Waals surface area contributed by atoms with Gasteiger partial charge < -0.3 is 19.9 Å². The lowest BCUT2D eigenvalue weighted by Crippen LogP contribution is -2.27. The van der Waals surface area contributed by atoms with E-state index in [-0.39, 0.29) is 6.54 Å². The fourth-order valence-corrected chi connectivity index (χ4v) is 2.30. The maximum atomic E-state index is 12.2. The molecular weight excluding hydrogens is 310 g/mol. The van der Waals surface area contributed by atoms with Crippen LogP contribution in [0.1, 0.15) is 25.3 Å². The zero-order chi connectivity index (χ0) is 17.7. The number of hydrogen-bond donors (Lipinski definition) is 1. The molecule has 2 atom stereocenters. The average Bonchev–Trinajstić information content (AvgIpc) is 2.59. The molecule has 2 aromatic carbocycles. The number of hydrogen-bond acceptors (Lipinski definition) is 6. The highest BCUT2D eigenvalue weighted by atomic mass is 16.7. The highest BCUT2D eigenvalue weighted by Gasteiger charge is 2.21. The summed E-state index contributed by atoms with van der Waals surface area (Å²) in [6.07, 6.45) is -0.972. The summed E-state index contributed by atoms with van der Waals surface area (Å²) in [5.41, 5.74) is 5.97. The molecule has 0 radical (unpaired) electrons. The van der Waals surface area contributed by atoms with Crippen molar-refractivity contribution in [1.29, 1.82) is 0 Å². The Labute approximate surface area is 140 Å². The molecule has 0 heterocycles. The van der Waals surface area contributed by atoms with Crippen LogP contribution in [-0.4, -0.2) is 31.9 Å². The lowest BCUT2D eigenvalue weighted by Gasteiger charge is -2.17. The number of fused-ring (bicyclic) bond motifs is 1. The van der Waals surface area contributed by atoms with Crippen LogP contribution in [0.5, 0.6) is 5.75 Å². The van der Waals surface area contributed by atoms with Gasteiger partial charge >= 0.3 is 11.9 Å². The molecule has 6 heteroatoms. The predicted molar refractivity (Wildman–Crippen MR) is 89.6 cm³/mol. The van der Waals surface area contributed by atoms with Gasteiger partial charge in [-0.1, -0.05) is 24.3 Å². The summed E-state index contributed by atoms with van der Waals surface area (Å²) >= 11 is 0. The van der Waals surface area contributed by atoms with Crippen molar-refractivity contribution in [1.82, 2.24) is 0 Å². The molecule has 2 N–H and O–H groups in total. The monoisotopic (exact) mass is 331 g/mol. The van der Waals surface area contributed by atoms with Gasteiger partial charge in [0.2, 0.25) is 6.29 Å². The van der Waals surface area contributed by atoms with Crippen LogP contribution in [0.3, 0.4) is 0 Å². The van der Waals surface area contributed by atoms with E-state index in [1.54, 1.807) is 14.0 Å². The Morgan fingerprint density at radius 1 is 1.04 bits per heavy atom. The van der Waals surface area contributed by atoms with E-state index in [2.05, 4.69) is 0 Å². The standard InChI is InChI=1S/C18H21NO5/c1-11(18(21)24-12(2)23-17(20)10-19)13-4-5-15-9-16(22-3)7-6-14(15)8-13/h4-9,11-12H,10,19H2,1-3H3. The lowest BCUT2D eigenvalue weighted by atomic mass is 9.98. The molecule has 128 valence electrons. The number of carbonyl (C=O) groups excluding carboxylic acids is 2. The van der Waals surface area contributed by atoms with Crippen LogP contribution in [-0.2, 0) is 19.1 Å². The number of rotatable bonds is 6. The second-order valence-corrected chi connectivity index (χ2v) is 5.39. The van der Waals surface area contributed by atoms with Gasteiger partial charge in [0.15, 0.2) is 0 Å². The molecule has 2 aromatic rings. The molecular formula is C18H21NO5. The summed E-state index contributed by atoms with van der Waals surface area (Å²) in [6, 6.07) is 11.4. The van der Waals surface area contributed by atoms with Crippen molar-refractivity contribution in [3.8, 4) is 5.75 Å². The first-order valence-corrected chi connectivity index (χ1v) is 7.62. The summed E-state index contributed by atoms with van der Waals surface area (Å²) in [6.45, 7) is 2.96. The van der Waals surface area contributed by atoms with Gasteiger partial charge in [-0.3, -0.25) is 9.59 Å². The molecule has 2 rings (SSSR count). The Kier molecular flexibility index (Phi) is 5.76. The first-order valence-electron chi connectivity index (χ1n) is 7.62. The fraction of sp³-hybridized carbons (Fsp3) is 0.333. The summed E-state index contributed by atoms with van der Waals surface area (Å²) in [5.74, 6) is -0.809. The highest BCUT2D eigenvalue weighted by molar-refractivity contribution is 5.86. The normalized spacial score (nSPS) is 13.2. The highest BCUT2D eigenvalue weighted by Crippen LogP contribution is 2.26. The zero-order valence-corrected chi connectivity index (χ0v) is 13.9. The Bertz CT molecular complexity index is 743. The second kappa shape index (κ2) is 7.79. The van der Waals surface area contributed by atoms with Crippen LogP contribution in [0.2, 0.25) is 0 Å². The number of ether oxygens (including phenoxy) is 3.